The minimum atomic E-state index is 0.447. The van der Waals surface area contributed by atoms with Crippen LogP contribution in [0, 0.1) is 17.8 Å². The van der Waals surface area contributed by atoms with Gasteiger partial charge in [-0.25, -0.2) is 0 Å². The fourth-order valence-electron chi connectivity index (χ4n) is 3.36. The largest absolute Gasteiger partial charge is 0.300 e. The summed E-state index contributed by atoms with van der Waals surface area (Å²) in [5.74, 6) is 3.07. The standard InChI is InChI=1S/C14H22O2/c1-10(11-2-6-13(15)7-3-11)12-4-8-14(16)9-5-12/h10-12H,2-9H2,1H3. The number of carbonyl (C=O) groups excluding carboxylic acids is 2. The van der Waals surface area contributed by atoms with Gasteiger partial charge in [0.25, 0.3) is 0 Å². The van der Waals surface area contributed by atoms with Crippen LogP contribution in [0.15, 0.2) is 0 Å². The number of ketones is 2. The van der Waals surface area contributed by atoms with Gasteiger partial charge in [-0.15, -0.1) is 0 Å². The maximum absolute atomic E-state index is 11.2. The molecule has 0 N–H and O–H groups in total. The van der Waals surface area contributed by atoms with Crippen LogP contribution in [-0.2, 0) is 9.59 Å². The predicted octanol–water partition coefficient (Wildman–Crippen LogP) is 3.14. The van der Waals surface area contributed by atoms with Crippen LogP contribution in [0.1, 0.15) is 58.3 Å². The Hall–Kier alpha value is -0.660. The molecule has 90 valence electrons. The Morgan fingerprint density at radius 1 is 0.812 bits per heavy atom. The van der Waals surface area contributed by atoms with Gasteiger partial charge in [0.05, 0.1) is 0 Å². The summed E-state index contributed by atoms with van der Waals surface area (Å²) >= 11 is 0. The van der Waals surface area contributed by atoms with E-state index in [4.69, 9.17) is 0 Å². The molecule has 2 saturated carbocycles. The number of hydrogen-bond donors (Lipinski definition) is 0. The zero-order valence-electron chi connectivity index (χ0n) is 10.2. The van der Waals surface area contributed by atoms with Crippen LogP contribution in [0.4, 0.5) is 0 Å². The maximum atomic E-state index is 11.2. The van der Waals surface area contributed by atoms with Gasteiger partial charge in [-0.2, -0.15) is 0 Å². The summed E-state index contributed by atoms with van der Waals surface area (Å²) in [6.45, 7) is 2.33. The number of hydrogen-bond acceptors (Lipinski definition) is 2. The molecule has 0 saturated heterocycles. The molecule has 0 heterocycles. The van der Waals surface area contributed by atoms with Gasteiger partial charge in [0.15, 0.2) is 0 Å². The van der Waals surface area contributed by atoms with Gasteiger partial charge >= 0.3 is 0 Å². The summed E-state index contributed by atoms with van der Waals surface area (Å²) < 4.78 is 0. The fraction of sp³-hybridized carbons (Fsp3) is 0.857. The molecule has 16 heavy (non-hydrogen) atoms. The lowest BCUT2D eigenvalue weighted by Gasteiger charge is -2.34. The molecule has 2 fully saturated rings. The van der Waals surface area contributed by atoms with E-state index in [1.54, 1.807) is 0 Å². The summed E-state index contributed by atoms with van der Waals surface area (Å²) in [5, 5.41) is 0. The minimum absolute atomic E-state index is 0.447. The van der Waals surface area contributed by atoms with Gasteiger partial charge in [0.1, 0.15) is 11.6 Å². The Labute approximate surface area is 97.8 Å². The zero-order chi connectivity index (χ0) is 11.5. The average Bonchev–Trinajstić information content (AvgIpc) is 2.30. The normalized spacial score (nSPS) is 25.4. The van der Waals surface area contributed by atoms with Crippen LogP contribution < -0.4 is 0 Å². The maximum Gasteiger partial charge on any atom is 0.132 e. The molecule has 0 unspecified atom stereocenters. The summed E-state index contributed by atoms with van der Waals surface area (Å²) in [4.78, 5) is 22.4. The molecular formula is C14H22O2. The lowest BCUT2D eigenvalue weighted by Crippen LogP contribution is -2.28. The van der Waals surface area contributed by atoms with Crippen molar-refractivity contribution >= 4 is 11.6 Å². The predicted molar refractivity (Wildman–Crippen MR) is 63.1 cm³/mol. The van der Waals surface area contributed by atoms with Gasteiger partial charge in [0.2, 0.25) is 0 Å². The summed E-state index contributed by atoms with van der Waals surface area (Å²) in [6.07, 6.45) is 7.52. The molecule has 0 bridgehead atoms. The smallest absolute Gasteiger partial charge is 0.132 e. The van der Waals surface area contributed by atoms with Gasteiger partial charge < -0.3 is 0 Å². The molecule has 0 aromatic heterocycles. The van der Waals surface area contributed by atoms with Crippen LogP contribution in [-0.4, -0.2) is 11.6 Å². The number of carbonyl (C=O) groups is 2. The molecule has 0 aliphatic heterocycles. The van der Waals surface area contributed by atoms with Crippen molar-refractivity contribution < 1.29 is 9.59 Å². The quantitative estimate of drug-likeness (QED) is 0.719. The molecule has 2 rings (SSSR count). The van der Waals surface area contributed by atoms with E-state index in [-0.39, 0.29) is 0 Å². The third-order valence-electron chi connectivity index (χ3n) is 4.66. The van der Waals surface area contributed by atoms with Crippen LogP contribution in [0.25, 0.3) is 0 Å². The second-order valence-corrected chi connectivity index (χ2v) is 5.61. The van der Waals surface area contributed by atoms with E-state index < -0.39 is 0 Å². The molecule has 0 aromatic carbocycles. The Kier molecular flexibility index (Phi) is 3.78. The Morgan fingerprint density at radius 2 is 1.12 bits per heavy atom. The van der Waals surface area contributed by atoms with E-state index in [0.717, 1.165) is 63.2 Å². The zero-order valence-corrected chi connectivity index (χ0v) is 10.2. The Bertz CT molecular complexity index is 234. The second kappa shape index (κ2) is 5.11. The first-order valence-electron chi connectivity index (χ1n) is 6.70. The first kappa shape index (κ1) is 11.8. The highest BCUT2D eigenvalue weighted by Crippen LogP contribution is 2.38. The lowest BCUT2D eigenvalue weighted by atomic mass is 9.70. The molecule has 2 nitrogen and oxygen atoms in total. The van der Waals surface area contributed by atoms with Crippen LogP contribution >= 0.6 is 0 Å². The molecule has 2 aliphatic carbocycles. The first-order chi connectivity index (χ1) is 7.66. The number of rotatable bonds is 2. The van der Waals surface area contributed by atoms with Crippen molar-refractivity contribution in [3.8, 4) is 0 Å². The summed E-state index contributed by atoms with van der Waals surface area (Å²) in [6, 6.07) is 0. The molecular weight excluding hydrogens is 200 g/mol. The summed E-state index contributed by atoms with van der Waals surface area (Å²) in [5.41, 5.74) is 0. The van der Waals surface area contributed by atoms with E-state index in [1.807, 2.05) is 0 Å². The molecule has 0 spiro atoms. The van der Waals surface area contributed by atoms with Gasteiger partial charge in [-0.3, -0.25) is 9.59 Å². The summed E-state index contributed by atoms with van der Waals surface area (Å²) in [7, 11) is 0. The van der Waals surface area contributed by atoms with Gasteiger partial charge in [0, 0.05) is 25.7 Å². The highest BCUT2D eigenvalue weighted by molar-refractivity contribution is 5.79. The molecule has 2 aliphatic rings. The Balaban J connectivity index is 1.84. The fourth-order valence-corrected chi connectivity index (χ4v) is 3.36. The average molecular weight is 222 g/mol. The van der Waals surface area contributed by atoms with Crippen molar-refractivity contribution in [1.29, 1.82) is 0 Å². The molecule has 0 aromatic rings. The van der Waals surface area contributed by atoms with Crippen molar-refractivity contribution in [3.05, 3.63) is 0 Å². The van der Waals surface area contributed by atoms with Gasteiger partial charge in [-0.05, 0) is 43.4 Å². The van der Waals surface area contributed by atoms with E-state index in [1.165, 1.54) is 0 Å². The van der Waals surface area contributed by atoms with Crippen molar-refractivity contribution in [1.82, 2.24) is 0 Å². The second-order valence-electron chi connectivity index (χ2n) is 5.61. The lowest BCUT2D eigenvalue weighted by molar-refractivity contribution is -0.121. The van der Waals surface area contributed by atoms with Crippen LogP contribution in [0.5, 0.6) is 0 Å². The third-order valence-corrected chi connectivity index (χ3v) is 4.66. The topological polar surface area (TPSA) is 34.1 Å². The Morgan fingerprint density at radius 3 is 1.44 bits per heavy atom. The van der Waals surface area contributed by atoms with E-state index in [2.05, 4.69) is 6.92 Å². The highest BCUT2D eigenvalue weighted by atomic mass is 16.1. The third kappa shape index (κ3) is 2.72. The van der Waals surface area contributed by atoms with Crippen molar-refractivity contribution in [3.63, 3.8) is 0 Å². The van der Waals surface area contributed by atoms with E-state index in [0.29, 0.717) is 17.5 Å². The molecule has 0 atom stereocenters. The SMILES string of the molecule is CC(C1CCC(=O)CC1)C1CCC(=O)CC1. The van der Waals surface area contributed by atoms with Crippen LogP contribution in [0.2, 0.25) is 0 Å². The molecule has 0 amide bonds. The van der Waals surface area contributed by atoms with E-state index in [9.17, 15) is 9.59 Å². The van der Waals surface area contributed by atoms with E-state index >= 15 is 0 Å². The molecule has 2 heteroatoms. The first-order valence-corrected chi connectivity index (χ1v) is 6.70. The van der Waals surface area contributed by atoms with Crippen molar-refractivity contribution in [2.75, 3.05) is 0 Å². The van der Waals surface area contributed by atoms with Gasteiger partial charge in [-0.1, -0.05) is 6.92 Å². The highest BCUT2D eigenvalue weighted by Gasteiger charge is 2.31. The van der Waals surface area contributed by atoms with Crippen molar-refractivity contribution in [2.45, 2.75) is 58.3 Å². The minimum Gasteiger partial charge on any atom is -0.300 e. The monoisotopic (exact) mass is 222 g/mol. The number of Topliss-reactive ketones (excluding diaryl/α,β-unsaturated/α-hetero) is 2. The molecule has 0 radical (unpaired) electrons. The van der Waals surface area contributed by atoms with Crippen molar-refractivity contribution in [2.24, 2.45) is 17.8 Å². The van der Waals surface area contributed by atoms with Crippen LogP contribution in [0.3, 0.4) is 0 Å².